The van der Waals surface area contributed by atoms with Crippen molar-refractivity contribution in [3.63, 3.8) is 0 Å². The Kier molecular flexibility index (Phi) is 10.9. The van der Waals surface area contributed by atoms with Crippen LogP contribution in [0, 0.1) is 5.82 Å². The van der Waals surface area contributed by atoms with Gasteiger partial charge in [-0.1, -0.05) is 61.2 Å². The Morgan fingerprint density at radius 2 is 1.81 bits per heavy atom. The molecule has 192 valence electrons. The van der Waals surface area contributed by atoms with Gasteiger partial charge in [-0.25, -0.2) is 4.39 Å². The van der Waals surface area contributed by atoms with Crippen LogP contribution >= 0.6 is 23.2 Å². The number of rotatable bonds is 14. The van der Waals surface area contributed by atoms with Gasteiger partial charge in [-0.2, -0.15) is 0 Å². The molecular formula is C28H31Cl2FN2O3. The maximum atomic E-state index is 14.9. The number of anilines is 1. The van der Waals surface area contributed by atoms with E-state index in [4.69, 9.17) is 33.0 Å². The first-order valence-corrected chi connectivity index (χ1v) is 12.8. The highest BCUT2D eigenvalue weighted by molar-refractivity contribution is 6.36. The van der Waals surface area contributed by atoms with E-state index in [2.05, 4.69) is 17.6 Å². The lowest BCUT2D eigenvalue weighted by atomic mass is 10.0. The van der Waals surface area contributed by atoms with Gasteiger partial charge in [0, 0.05) is 46.0 Å². The summed E-state index contributed by atoms with van der Waals surface area (Å²) in [5, 5.41) is 16.2. The SMILES string of the molecule is CCCC[C@@H](COc1ccc(-c2ccc(Cl)cc2Cl)c(F)c1)Nc1ccc(CNCCC(=O)O)cc1. The van der Waals surface area contributed by atoms with Gasteiger partial charge in [0.25, 0.3) is 0 Å². The Labute approximate surface area is 221 Å². The molecule has 0 saturated carbocycles. The second kappa shape index (κ2) is 14.1. The number of halogens is 3. The zero-order valence-electron chi connectivity index (χ0n) is 20.2. The second-order valence-corrected chi connectivity index (χ2v) is 9.42. The molecule has 8 heteroatoms. The molecule has 36 heavy (non-hydrogen) atoms. The van der Waals surface area contributed by atoms with Gasteiger partial charge in [0.2, 0.25) is 0 Å². The van der Waals surface area contributed by atoms with E-state index < -0.39 is 11.8 Å². The highest BCUT2D eigenvalue weighted by Gasteiger charge is 2.13. The van der Waals surface area contributed by atoms with Gasteiger partial charge < -0.3 is 20.5 Å². The third-order valence-corrected chi connectivity index (χ3v) is 6.24. The maximum Gasteiger partial charge on any atom is 0.304 e. The van der Waals surface area contributed by atoms with Crippen LogP contribution in [0.3, 0.4) is 0 Å². The molecule has 0 aliphatic carbocycles. The van der Waals surface area contributed by atoms with Crippen molar-refractivity contribution in [2.24, 2.45) is 0 Å². The van der Waals surface area contributed by atoms with Crippen molar-refractivity contribution in [2.45, 2.75) is 45.2 Å². The van der Waals surface area contributed by atoms with E-state index in [1.54, 1.807) is 30.3 Å². The van der Waals surface area contributed by atoms with Crippen molar-refractivity contribution in [3.05, 3.63) is 82.1 Å². The molecule has 0 amide bonds. The van der Waals surface area contributed by atoms with Crippen LogP contribution < -0.4 is 15.4 Å². The van der Waals surface area contributed by atoms with Crippen LogP contribution in [0.5, 0.6) is 5.75 Å². The predicted octanol–water partition coefficient (Wildman–Crippen LogP) is 7.41. The highest BCUT2D eigenvalue weighted by Crippen LogP contribution is 2.33. The van der Waals surface area contributed by atoms with E-state index in [0.29, 0.717) is 46.6 Å². The van der Waals surface area contributed by atoms with Gasteiger partial charge >= 0.3 is 5.97 Å². The molecule has 5 nitrogen and oxygen atoms in total. The van der Waals surface area contributed by atoms with Gasteiger partial charge in [-0.05, 0) is 48.4 Å². The topological polar surface area (TPSA) is 70.6 Å². The summed E-state index contributed by atoms with van der Waals surface area (Å²) in [6.45, 7) is 3.57. The number of nitrogens with one attached hydrogen (secondary N) is 2. The van der Waals surface area contributed by atoms with E-state index >= 15 is 0 Å². The Morgan fingerprint density at radius 1 is 1.06 bits per heavy atom. The first kappa shape index (κ1) is 27.8. The van der Waals surface area contributed by atoms with Crippen molar-refractivity contribution >= 4 is 34.9 Å². The molecule has 0 radical (unpaired) electrons. The zero-order chi connectivity index (χ0) is 25.9. The van der Waals surface area contributed by atoms with Crippen LogP contribution in [0.1, 0.15) is 38.2 Å². The molecule has 3 N–H and O–H groups in total. The van der Waals surface area contributed by atoms with E-state index in [1.807, 2.05) is 24.3 Å². The number of carboxylic acid groups (broad SMARTS) is 1. The molecule has 3 aromatic rings. The molecule has 1 atom stereocenters. The lowest BCUT2D eigenvalue weighted by Crippen LogP contribution is -2.27. The van der Waals surface area contributed by atoms with Crippen LogP contribution in [0.4, 0.5) is 10.1 Å². The monoisotopic (exact) mass is 532 g/mol. The summed E-state index contributed by atoms with van der Waals surface area (Å²) in [6.07, 6.45) is 3.11. The lowest BCUT2D eigenvalue weighted by Gasteiger charge is -2.21. The number of carbonyl (C=O) groups is 1. The fourth-order valence-electron chi connectivity index (χ4n) is 3.74. The molecule has 0 saturated heterocycles. The van der Waals surface area contributed by atoms with Crippen molar-refractivity contribution < 1.29 is 19.0 Å². The fraction of sp³-hybridized carbons (Fsp3) is 0.321. The van der Waals surface area contributed by atoms with E-state index in [-0.39, 0.29) is 12.5 Å². The number of unbranched alkanes of at least 4 members (excludes halogenated alkanes) is 1. The third-order valence-electron chi connectivity index (χ3n) is 5.69. The molecule has 3 aromatic carbocycles. The average Bonchev–Trinajstić information content (AvgIpc) is 2.85. The number of aliphatic carboxylic acids is 1. The Morgan fingerprint density at radius 3 is 2.47 bits per heavy atom. The molecule has 0 unspecified atom stereocenters. The Balaban J connectivity index is 1.59. The molecule has 0 aromatic heterocycles. The van der Waals surface area contributed by atoms with Crippen molar-refractivity contribution in [1.29, 1.82) is 0 Å². The van der Waals surface area contributed by atoms with Gasteiger partial charge in [0.1, 0.15) is 18.2 Å². The summed E-state index contributed by atoms with van der Waals surface area (Å²) >= 11 is 12.2. The van der Waals surface area contributed by atoms with Crippen LogP contribution in [0.25, 0.3) is 11.1 Å². The van der Waals surface area contributed by atoms with Crippen molar-refractivity contribution in [2.75, 3.05) is 18.5 Å². The molecule has 3 rings (SSSR count). The van der Waals surface area contributed by atoms with E-state index in [1.165, 1.54) is 6.07 Å². The number of hydrogen-bond acceptors (Lipinski definition) is 4. The van der Waals surface area contributed by atoms with Crippen LogP contribution in [-0.4, -0.2) is 30.3 Å². The fourth-order valence-corrected chi connectivity index (χ4v) is 4.25. The number of benzene rings is 3. The van der Waals surface area contributed by atoms with Crippen LogP contribution in [0.15, 0.2) is 60.7 Å². The largest absolute Gasteiger partial charge is 0.491 e. The lowest BCUT2D eigenvalue weighted by molar-refractivity contribution is -0.136. The van der Waals surface area contributed by atoms with Crippen molar-refractivity contribution in [3.8, 4) is 16.9 Å². The summed E-state index contributed by atoms with van der Waals surface area (Å²) < 4.78 is 20.8. The Bertz CT molecular complexity index is 1140. The van der Waals surface area contributed by atoms with Crippen LogP contribution in [0.2, 0.25) is 10.0 Å². The van der Waals surface area contributed by atoms with Gasteiger partial charge in [-0.3, -0.25) is 4.79 Å². The standard InChI is InChI=1S/C28H31Cl2FN2O3/c1-2-3-4-22(33-21-8-5-19(6-9-21)17-32-14-13-28(34)35)18-36-23-10-12-25(27(31)16-23)24-11-7-20(29)15-26(24)30/h5-12,15-16,22,32-33H,2-4,13-14,17-18H2,1H3,(H,34,35)/t22-/m0/s1. The second-order valence-electron chi connectivity index (χ2n) is 8.58. The van der Waals surface area contributed by atoms with E-state index in [9.17, 15) is 9.18 Å². The minimum atomic E-state index is -0.813. The maximum absolute atomic E-state index is 14.9. The first-order chi connectivity index (χ1) is 17.4. The molecule has 0 aliphatic rings. The molecule has 0 spiro atoms. The van der Waals surface area contributed by atoms with Gasteiger partial charge in [0.15, 0.2) is 0 Å². The zero-order valence-corrected chi connectivity index (χ0v) is 21.7. The minimum Gasteiger partial charge on any atom is -0.491 e. The average molecular weight is 533 g/mol. The number of carboxylic acids is 1. The minimum absolute atomic E-state index is 0.0536. The van der Waals surface area contributed by atoms with Crippen molar-refractivity contribution in [1.82, 2.24) is 5.32 Å². The van der Waals surface area contributed by atoms with Gasteiger partial charge in [-0.15, -0.1) is 0 Å². The normalized spacial score (nSPS) is 11.8. The number of hydrogen-bond donors (Lipinski definition) is 3. The van der Waals surface area contributed by atoms with Gasteiger partial charge in [0.05, 0.1) is 12.5 Å². The predicted molar refractivity (Wildman–Crippen MR) is 145 cm³/mol. The molecule has 0 fully saturated rings. The molecule has 0 heterocycles. The molecule has 0 bridgehead atoms. The highest BCUT2D eigenvalue weighted by atomic mass is 35.5. The summed E-state index contributed by atoms with van der Waals surface area (Å²) in [7, 11) is 0. The Hall–Kier alpha value is -2.80. The summed E-state index contributed by atoms with van der Waals surface area (Å²) in [6, 6.07) is 17.8. The quantitative estimate of drug-likeness (QED) is 0.188. The first-order valence-electron chi connectivity index (χ1n) is 12.0. The molecule has 0 aliphatic heterocycles. The van der Waals surface area contributed by atoms with Crippen LogP contribution in [-0.2, 0) is 11.3 Å². The summed E-state index contributed by atoms with van der Waals surface area (Å²) in [5.74, 6) is -0.776. The summed E-state index contributed by atoms with van der Waals surface area (Å²) in [5.41, 5.74) is 3.01. The third kappa shape index (κ3) is 8.70. The molecular weight excluding hydrogens is 502 g/mol. The number of ether oxygens (including phenoxy) is 1. The van der Waals surface area contributed by atoms with E-state index in [0.717, 1.165) is 30.5 Å². The summed E-state index contributed by atoms with van der Waals surface area (Å²) in [4.78, 5) is 10.6. The smallest absolute Gasteiger partial charge is 0.304 e.